The molecule has 2 aromatic rings. The van der Waals surface area contributed by atoms with Gasteiger partial charge in [-0.3, -0.25) is 9.78 Å². The van der Waals surface area contributed by atoms with E-state index < -0.39 is 5.60 Å². The summed E-state index contributed by atoms with van der Waals surface area (Å²) in [6.45, 7) is 4.63. The van der Waals surface area contributed by atoms with Crippen LogP contribution in [-0.4, -0.2) is 40.6 Å². The van der Waals surface area contributed by atoms with Gasteiger partial charge in [-0.2, -0.15) is 0 Å². The molecule has 0 spiro atoms. The van der Waals surface area contributed by atoms with Gasteiger partial charge >= 0.3 is 0 Å². The molecule has 0 radical (unpaired) electrons. The van der Waals surface area contributed by atoms with Crippen LogP contribution in [0, 0.1) is 0 Å². The molecule has 0 bridgehead atoms. The molecule has 1 fully saturated rings. The third-order valence-electron chi connectivity index (χ3n) is 4.16. The van der Waals surface area contributed by atoms with Crippen LogP contribution in [0.3, 0.4) is 0 Å². The maximum absolute atomic E-state index is 12.9. The van der Waals surface area contributed by atoms with E-state index in [1.54, 1.807) is 55.3 Å². The Morgan fingerprint density at radius 1 is 1.23 bits per heavy atom. The van der Waals surface area contributed by atoms with Crippen LogP contribution in [-0.2, 0) is 4.79 Å². The van der Waals surface area contributed by atoms with Crippen molar-refractivity contribution in [2.75, 3.05) is 13.1 Å². The summed E-state index contributed by atoms with van der Waals surface area (Å²) in [6, 6.07) is 8.68. The van der Waals surface area contributed by atoms with Crippen LogP contribution in [0.15, 0.2) is 42.7 Å². The second-order valence-electron chi connectivity index (χ2n) is 6.65. The smallest absolute Gasteiger partial charge is 0.266 e. The third kappa shape index (κ3) is 4.40. The van der Waals surface area contributed by atoms with Crippen LogP contribution >= 0.6 is 23.2 Å². The fourth-order valence-electron chi connectivity index (χ4n) is 2.87. The number of halogens is 2. The summed E-state index contributed by atoms with van der Waals surface area (Å²) < 4.78 is 11.8. The van der Waals surface area contributed by atoms with E-state index >= 15 is 0 Å². The van der Waals surface area contributed by atoms with Crippen molar-refractivity contribution >= 4 is 29.1 Å². The number of hydrogen-bond donors (Lipinski definition) is 0. The Hall–Kier alpha value is -1.98. The standard InChI is InChI=1S/C19H20Cl2N2O3/c1-19(2,26-14-5-3-13(20)4-6-14)18(24)23-10-8-15(12-23)25-17-7-9-22-11-16(17)21/h3-7,9,11,15H,8,10,12H2,1-2H3. The van der Waals surface area contributed by atoms with Crippen LogP contribution in [0.4, 0.5) is 0 Å². The number of ether oxygens (including phenoxy) is 2. The molecule has 1 atom stereocenters. The van der Waals surface area contributed by atoms with Gasteiger partial charge in [-0.05, 0) is 38.1 Å². The molecule has 3 rings (SSSR count). The molecule has 1 unspecified atom stereocenters. The highest BCUT2D eigenvalue weighted by Crippen LogP contribution is 2.27. The minimum atomic E-state index is -0.989. The minimum absolute atomic E-state index is 0.0839. The maximum Gasteiger partial charge on any atom is 0.266 e. The lowest BCUT2D eigenvalue weighted by Gasteiger charge is -2.30. The summed E-state index contributed by atoms with van der Waals surface area (Å²) in [5, 5.41) is 1.08. The van der Waals surface area contributed by atoms with E-state index in [4.69, 9.17) is 32.7 Å². The molecule has 1 aromatic heterocycles. The number of benzene rings is 1. The zero-order valence-electron chi connectivity index (χ0n) is 14.6. The van der Waals surface area contributed by atoms with E-state index in [0.717, 1.165) is 6.42 Å². The Kier molecular flexibility index (Phi) is 5.58. The number of carbonyl (C=O) groups is 1. The Balaban J connectivity index is 1.61. The van der Waals surface area contributed by atoms with Gasteiger partial charge < -0.3 is 14.4 Å². The van der Waals surface area contributed by atoms with Gasteiger partial charge in [-0.15, -0.1) is 0 Å². The first-order valence-corrected chi connectivity index (χ1v) is 9.11. The molecule has 1 aliphatic rings. The molecule has 1 aliphatic heterocycles. The van der Waals surface area contributed by atoms with Gasteiger partial charge in [0.15, 0.2) is 5.60 Å². The Labute approximate surface area is 162 Å². The summed E-state index contributed by atoms with van der Waals surface area (Å²) in [5.41, 5.74) is -0.989. The van der Waals surface area contributed by atoms with Crippen molar-refractivity contribution in [2.45, 2.75) is 32.0 Å². The molecule has 138 valence electrons. The molecule has 0 N–H and O–H groups in total. The van der Waals surface area contributed by atoms with Crippen LogP contribution in [0.1, 0.15) is 20.3 Å². The zero-order valence-corrected chi connectivity index (χ0v) is 16.1. The second-order valence-corrected chi connectivity index (χ2v) is 7.50. The lowest BCUT2D eigenvalue weighted by molar-refractivity contribution is -0.144. The predicted molar refractivity (Wildman–Crippen MR) is 101 cm³/mol. The number of nitrogens with zero attached hydrogens (tertiary/aromatic N) is 2. The number of rotatable bonds is 5. The van der Waals surface area contributed by atoms with Crippen molar-refractivity contribution in [1.29, 1.82) is 0 Å². The zero-order chi connectivity index (χ0) is 18.7. The SMILES string of the molecule is CC(C)(Oc1ccc(Cl)cc1)C(=O)N1CCC(Oc2ccncc2Cl)C1. The average molecular weight is 395 g/mol. The molecule has 1 saturated heterocycles. The topological polar surface area (TPSA) is 51.7 Å². The quantitative estimate of drug-likeness (QED) is 0.761. The lowest BCUT2D eigenvalue weighted by atomic mass is 10.1. The van der Waals surface area contributed by atoms with Gasteiger partial charge in [0.25, 0.3) is 5.91 Å². The second kappa shape index (κ2) is 7.72. The highest BCUT2D eigenvalue weighted by molar-refractivity contribution is 6.31. The van der Waals surface area contributed by atoms with Crippen molar-refractivity contribution in [2.24, 2.45) is 0 Å². The molecule has 1 aromatic carbocycles. The van der Waals surface area contributed by atoms with E-state index in [1.165, 1.54) is 6.20 Å². The van der Waals surface area contributed by atoms with Crippen LogP contribution in [0.5, 0.6) is 11.5 Å². The van der Waals surface area contributed by atoms with Gasteiger partial charge in [0, 0.05) is 36.4 Å². The van der Waals surface area contributed by atoms with Gasteiger partial charge in [-0.25, -0.2) is 0 Å². The van der Waals surface area contributed by atoms with Crippen LogP contribution in [0.2, 0.25) is 10.0 Å². The van der Waals surface area contributed by atoms with E-state index in [0.29, 0.717) is 34.6 Å². The summed E-state index contributed by atoms with van der Waals surface area (Å²) >= 11 is 12.0. The minimum Gasteiger partial charge on any atom is -0.487 e. The molecule has 26 heavy (non-hydrogen) atoms. The van der Waals surface area contributed by atoms with Gasteiger partial charge in [-0.1, -0.05) is 23.2 Å². The third-order valence-corrected chi connectivity index (χ3v) is 4.70. The number of hydrogen-bond acceptors (Lipinski definition) is 4. The number of carbonyl (C=O) groups excluding carboxylic acids is 1. The normalized spacial score (nSPS) is 17.2. The molecule has 0 saturated carbocycles. The Bertz CT molecular complexity index is 781. The number of aromatic nitrogens is 1. The van der Waals surface area contributed by atoms with Crippen molar-refractivity contribution < 1.29 is 14.3 Å². The largest absolute Gasteiger partial charge is 0.487 e. The molecule has 0 aliphatic carbocycles. The van der Waals surface area contributed by atoms with Crippen LogP contribution < -0.4 is 9.47 Å². The fraction of sp³-hybridized carbons (Fsp3) is 0.368. The predicted octanol–water partition coefficient (Wildman–Crippen LogP) is 4.23. The van der Waals surface area contributed by atoms with Gasteiger partial charge in [0.05, 0.1) is 6.54 Å². The molecular weight excluding hydrogens is 375 g/mol. The molecular formula is C19H20Cl2N2O3. The molecule has 1 amide bonds. The van der Waals surface area contributed by atoms with Crippen molar-refractivity contribution in [3.63, 3.8) is 0 Å². The summed E-state index contributed by atoms with van der Waals surface area (Å²) in [4.78, 5) is 18.6. The highest BCUT2D eigenvalue weighted by Gasteiger charge is 2.38. The Morgan fingerprint density at radius 3 is 2.65 bits per heavy atom. The summed E-state index contributed by atoms with van der Waals surface area (Å²) in [5.74, 6) is 1.10. The van der Waals surface area contributed by atoms with Gasteiger partial charge in [0.1, 0.15) is 22.6 Å². The number of pyridine rings is 1. The average Bonchev–Trinajstić information content (AvgIpc) is 3.06. The van der Waals surface area contributed by atoms with E-state index in [9.17, 15) is 4.79 Å². The molecule has 2 heterocycles. The van der Waals surface area contributed by atoms with Crippen LogP contribution in [0.25, 0.3) is 0 Å². The van der Waals surface area contributed by atoms with E-state index in [-0.39, 0.29) is 12.0 Å². The number of likely N-dealkylation sites (tertiary alicyclic amines) is 1. The molecule has 5 nitrogen and oxygen atoms in total. The first-order chi connectivity index (χ1) is 12.3. The Morgan fingerprint density at radius 2 is 1.96 bits per heavy atom. The lowest BCUT2D eigenvalue weighted by Crippen LogP contribution is -2.48. The first kappa shape index (κ1) is 18.8. The fourth-order valence-corrected chi connectivity index (χ4v) is 3.16. The van der Waals surface area contributed by atoms with E-state index in [2.05, 4.69) is 4.98 Å². The summed E-state index contributed by atoms with van der Waals surface area (Å²) in [6.07, 6.45) is 3.80. The summed E-state index contributed by atoms with van der Waals surface area (Å²) in [7, 11) is 0. The highest BCUT2D eigenvalue weighted by atomic mass is 35.5. The van der Waals surface area contributed by atoms with Crippen molar-refractivity contribution in [3.8, 4) is 11.5 Å². The maximum atomic E-state index is 12.9. The first-order valence-electron chi connectivity index (χ1n) is 8.35. The van der Waals surface area contributed by atoms with Crippen molar-refractivity contribution in [3.05, 3.63) is 52.8 Å². The van der Waals surface area contributed by atoms with Gasteiger partial charge in [0.2, 0.25) is 0 Å². The number of amides is 1. The van der Waals surface area contributed by atoms with E-state index in [1.807, 2.05) is 0 Å². The van der Waals surface area contributed by atoms with Crippen molar-refractivity contribution in [1.82, 2.24) is 9.88 Å². The molecule has 7 heteroatoms. The monoisotopic (exact) mass is 394 g/mol.